The summed E-state index contributed by atoms with van der Waals surface area (Å²) >= 11 is 6.04. The van der Waals surface area contributed by atoms with Gasteiger partial charge in [-0.3, -0.25) is 0 Å². The zero-order valence-corrected chi connectivity index (χ0v) is 11.9. The largest absolute Gasteiger partial charge is 0.436 e. The lowest BCUT2D eigenvalue weighted by molar-refractivity contribution is 0.617. The molecule has 19 heavy (non-hydrogen) atoms. The number of nitrogens with zero attached hydrogens (tertiary/aromatic N) is 1. The Morgan fingerprint density at radius 3 is 2.53 bits per heavy atom. The van der Waals surface area contributed by atoms with Crippen LogP contribution in [-0.2, 0) is 0 Å². The van der Waals surface area contributed by atoms with Gasteiger partial charge in [-0.2, -0.15) is 0 Å². The number of benzene rings is 2. The Bertz CT molecular complexity index is 774. The summed E-state index contributed by atoms with van der Waals surface area (Å²) in [6, 6.07) is 9.94. The third kappa shape index (κ3) is 2.13. The topological polar surface area (TPSA) is 26.0 Å². The first-order valence-electron chi connectivity index (χ1n) is 6.19. The molecule has 0 aliphatic rings. The number of hydrogen-bond donors (Lipinski definition) is 0. The molecule has 3 aromatic rings. The quantitative estimate of drug-likeness (QED) is 0.617. The second kappa shape index (κ2) is 4.39. The summed E-state index contributed by atoms with van der Waals surface area (Å²) in [5.41, 5.74) is 6.04. The smallest absolute Gasteiger partial charge is 0.227 e. The minimum absolute atomic E-state index is 0.642. The minimum atomic E-state index is 0.642. The fourth-order valence-electron chi connectivity index (χ4n) is 2.28. The Kier molecular flexibility index (Phi) is 2.83. The van der Waals surface area contributed by atoms with Crippen LogP contribution in [0.2, 0.25) is 5.02 Å². The zero-order chi connectivity index (χ0) is 13.6. The Hall–Kier alpha value is -1.80. The maximum atomic E-state index is 6.04. The van der Waals surface area contributed by atoms with Crippen molar-refractivity contribution >= 4 is 22.7 Å². The van der Waals surface area contributed by atoms with Crippen molar-refractivity contribution < 1.29 is 4.42 Å². The second-order valence-electron chi connectivity index (χ2n) is 4.91. The van der Waals surface area contributed by atoms with E-state index in [1.54, 1.807) is 0 Å². The van der Waals surface area contributed by atoms with Crippen molar-refractivity contribution in [1.29, 1.82) is 0 Å². The van der Waals surface area contributed by atoms with Crippen molar-refractivity contribution in [3.8, 4) is 11.5 Å². The number of rotatable bonds is 1. The van der Waals surface area contributed by atoms with E-state index < -0.39 is 0 Å². The highest BCUT2D eigenvalue weighted by Crippen LogP contribution is 2.29. The van der Waals surface area contributed by atoms with Crippen LogP contribution in [0.1, 0.15) is 16.7 Å². The summed E-state index contributed by atoms with van der Waals surface area (Å²) in [5, 5.41) is 0.756. The zero-order valence-electron chi connectivity index (χ0n) is 11.1. The van der Waals surface area contributed by atoms with Crippen LogP contribution in [0, 0.1) is 20.8 Å². The molecule has 1 heterocycles. The molecule has 2 aromatic carbocycles. The van der Waals surface area contributed by atoms with E-state index in [9.17, 15) is 0 Å². The molecule has 0 atom stereocenters. The Labute approximate surface area is 117 Å². The normalized spacial score (nSPS) is 11.2. The van der Waals surface area contributed by atoms with Gasteiger partial charge in [0.15, 0.2) is 5.58 Å². The molecule has 0 amide bonds. The third-order valence-electron chi connectivity index (χ3n) is 3.22. The molecule has 0 N–H and O–H groups in total. The van der Waals surface area contributed by atoms with Crippen LogP contribution in [0.15, 0.2) is 34.7 Å². The number of aryl methyl sites for hydroxylation is 3. The fraction of sp³-hybridized carbons (Fsp3) is 0.188. The minimum Gasteiger partial charge on any atom is -0.436 e. The molecule has 0 saturated carbocycles. The van der Waals surface area contributed by atoms with Crippen molar-refractivity contribution in [1.82, 2.24) is 4.98 Å². The summed E-state index contributed by atoms with van der Waals surface area (Å²) in [6.07, 6.45) is 0. The maximum absolute atomic E-state index is 6.04. The SMILES string of the molecule is Cc1cc(C)c2oc(-c3ccc(Cl)c(C)c3)nc2c1. The molecule has 0 unspecified atom stereocenters. The van der Waals surface area contributed by atoms with Crippen LogP contribution in [-0.4, -0.2) is 4.98 Å². The molecular weight excluding hydrogens is 258 g/mol. The number of hydrogen-bond acceptors (Lipinski definition) is 2. The van der Waals surface area contributed by atoms with Crippen molar-refractivity contribution in [3.05, 3.63) is 52.0 Å². The summed E-state index contributed by atoms with van der Waals surface area (Å²) in [6.45, 7) is 6.08. The van der Waals surface area contributed by atoms with Gasteiger partial charge in [-0.05, 0) is 61.7 Å². The molecule has 0 aliphatic carbocycles. The van der Waals surface area contributed by atoms with E-state index in [4.69, 9.17) is 16.0 Å². The van der Waals surface area contributed by atoms with Gasteiger partial charge >= 0.3 is 0 Å². The van der Waals surface area contributed by atoms with Crippen LogP contribution in [0.4, 0.5) is 0 Å². The van der Waals surface area contributed by atoms with Crippen LogP contribution >= 0.6 is 11.6 Å². The molecule has 0 fully saturated rings. The predicted molar refractivity (Wildman–Crippen MR) is 78.7 cm³/mol. The monoisotopic (exact) mass is 271 g/mol. The molecule has 0 bridgehead atoms. The number of oxazole rings is 1. The Morgan fingerprint density at radius 1 is 1.00 bits per heavy atom. The van der Waals surface area contributed by atoms with Gasteiger partial charge in [-0.25, -0.2) is 4.98 Å². The molecule has 0 aliphatic heterocycles. The first-order valence-corrected chi connectivity index (χ1v) is 6.57. The van der Waals surface area contributed by atoms with Gasteiger partial charge in [0.25, 0.3) is 0 Å². The van der Waals surface area contributed by atoms with Gasteiger partial charge in [-0.1, -0.05) is 17.7 Å². The molecule has 96 valence electrons. The standard InChI is InChI=1S/C16H14ClNO/c1-9-6-11(3)15-14(7-9)18-16(19-15)12-4-5-13(17)10(2)8-12/h4-8H,1-3H3. The van der Waals surface area contributed by atoms with Crippen LogP contribution in [0.3, 0.4) is 0 Å². The number of fused-ring (bicyclic) bond motifs is 1. The lowest BCUT2D eigenvalue weighted by atomic mass is 10.1. The fourth-order valence-corrected chi connectivity index (χ4v) is 2.40. The van der Waals surface area contributed by atoms with E-state index >= 15 is 0 Å². The van der Waals surface area contributed by atoms with Gasteiger partial charge in [0.1, 0.15) is 5.52 Å². The average Bonchev–Trinajstić information content (AvgIpc) is 2.76. The molecular formula is C16H14ClNO. The highest BCUT2D eigenvalue weighted by molar-refractivity contribution is 6.31. The van der Waals surface area contributed by atoms with Gasteiger partial charge in [0.2, 0.25) is 5.89 Å². The van der Waals surface area contributed by atoms with E-state index in [0.29, 0.717) is 5.89 Å². The second-order valence-corrected chi connectivity index (χ2v) is 5.32. The van der Waals surface area contributed by atoms with Gasteiger partial charge in [0, 0.05) is 10.6 Å². The third-order valence-corrected chi connectivity index (χ3v) is 3.65. The molecule has 2 nitrogen and oxygen atoms in total. The van der Waals surface area contributed by atoms with E-state index in [0.717, 1.165) is 32.8 Å². The lowest BCUT2D eigenvalue weighted by Gasteiger charge is -1.99. The highest BCUT2D eigenvalue weighted by Gasteiger charge is 2.11. The molecule has 0 spiro atoms. The first-order chi connectivity index (χ1) is 9.04. The van der Waals surface area contributed by atoms with E-state index in [1.807, 2.05) is 38.1 Å². The van der Waals surface area contributed by atoms with E-state index in [-0.39, 0.29) is 0 Å². The molecule has 1 aromatic heterocycles. The first kappa shape index (κ1) is 12.2. The van der Waals surface area contributed by atoms with Crippen molar-refractivity contribution in [3.63, 3.8) is 0 Å². The summed E-state index contributed by atoms with van der Waals surface area (Å²) < 4.78 is 5.88. The van der Waals surface area contributed by atoms with E-state index in [1.165, 1.54) is 5.56 Å². The summed E-state index contributed by atoms with van der Waals surface area (Å²) in [5.74, 6) is 0.642. The van der Waals surface area contributed by atoms with Gasteiger partial charge < -0.3 is 4.42 Å². The van der Waals surface area contributed by atoms with Gasteiger partial charge in [0.05, 0.1) is 0 Å². The molecule has 0 saturated heterocycles. The summed E-state index contributed by atoms with van der Waals surface area (Å²) in [7, 11) is 0. The lowest BCUT2D eigenvalue weighted by Crippen LogP contribution is -1.80. The molecule has 3 rings (SSSR count). The van der Waals surface area contributed by atoms with Gasteiger partial charge in [-0.15, -0.1) is 0 Å². The van der Waals surface area contributed by atoms with Crippen LogP contribution in [0.5, 0.6) is 0 Å². The number of aromatic nitrogens is 1. The van der Waals surface area contributed by atoms with Crippen LogP contribution in [0.25, 0.3) is 22.6 Å². The van der Waals surface area contributed by atoms with Crippen LogP contribution < -0.4 is 0 Å². The van der Waals surface area contributed by atoms with E-state index in [2.05, 4.69) is 18.0 Å². The van der Waals surface area contributed by atoms with Crippen molar-refractivity contribution in [2.24, 2.45) is 0 Å². The summed E-state index contributed by atoms with van der Waals surface area (Å²) in [4.78, 5) is 4.57. The number of halogens is 1. The van der Waals surface area contributed by atoms with Crippen molar-refractivity contribution in [2.75, 3.05) is 0 Å². The molecule has 3 heteroatoms. The predicted octanol–water partition coefficient (Wildman–Crippen LogP) is 5.07. The average molecular weight is 272 g/mol. The highest BCUT2D eigenvalue weighted by atomic mass is 35.5. The Morgan fingerprint density at radius 2 is 1.79 bits per heavy atom. The molecule has 0 radical (unpaired) electrons. The maximum Gasteiger partial charge on any atom is 0.227 e. The van der Waals surface area contributed by atoms with Crippen molar-refractivity contribution in [2.45, 2.75) is 20.8 Å². The Balaban J connectivity index is 2.20.